The highest BCUT2D eigenvalue weighted by Gasteiger charge is 2.33. The number of amides is 1. The number of carbonyl (C=O) groups is 1. The maximum absolute atomic E-state index is 12.8. The van der Waals surface area contributed by atoms with Crippen molar-refractivity contribution in [3.05, 3.63) is 53.4 Å². The van der Waals surface area contributed by atoms with E-state index < -0.39 is 10.0 Å². The van der Waals surface area contributed by atoms with Crippen LogP contribution in [0.3, 0.4) is 0 Å². The number of hydrogen-bond donors (Lipinski definition) is 1. The largest absolute Gasteiger partial charge is 0.347 e. The van der Waals surface area contributed by atoms with Gasteiger partial charge in [0, 0.05) is 33.2 Å². The van der Waals surface area contributed by atoms with Crippen molar-refractivity contribution in [1.29, 1.82) is 0 Å². The standard InChI is InChI=1S/C19H25N3O3S2/c1-21(2)19(23)18(15-7-4-3-5-8-15)22-12-10-16(11-13-22)20-27(24,25)17-9-6-14-26-17/h3-9,14,16,18,20H,10-13H2,1-2H3. The highest BCUT2D eigenvalue weighted by molar-refractivity contribution is 7.91. The number of nitrogens with zero attached hydrogens (tertiary/aromatic N) is 2. The highest BCUT2D eigenvalue weighted by Crippen LogP contribution is 2.27. The summed E-state index contributed by atoms with van der Waals surface area (Å²) in [6, 6.07) is 12.7. The first kappa shape index (κ1) is 20.0. The number of rotatable bonds is 6. The Morgan fingerprint density at radius 3 is 2.37 bits per heavy atom. The molecule has 1 aliphatic heterocycles. The summed E-state index contributed by atoms with van der Waals surface area (Å²) in [5.74, 6) is 0.0406. The summed E-state index contributed by atoms with van der Waals surface area (Å²) < 4.78 is 28.0. The van der Waals surface area contributed by atoms with E-state index in [2.05, 4.69) is 9.62 Å². The van der Waals surface area contributed by atoms with E-state index in [9.17, 15) is 13.2 Å². The van der Waals surface area contributed by atoms with E-state index in [1.165, 1.54) is 11.3 Å². The van der Waals surface area contributed by atoms with Crippen molar-refractivity contribution >= 4 is 27.3 Å². The first-order valence-electron chi connectivity index (χ1n) is 8.94. The second kappa shape index (κ2) is 8.52. The fraction of sp³-hybridized carbons (Fsp3) is 0.421. The summed E-state index contributed by atoms with van der Waals surface area (Å²) in [5.41, 5.74) is 0.966. The Morgan fingerprint density at radius 2 is 1.81 bits per heavy atom. The monoisotopic (exact) mass is 407 g/mol. The van der Waals surface area contributed by atoms with Crippen LogP contribution in [-0.2, 0) is 14.8 Å². The summed E-state index contributed by atoms with van der Waals surface area (Å²) in [6.45, 7) is 1.33. The lowest BCUT2D eigenvalue weighted by Gasteiger charge is -2.38. The number of piperidine rings is 1. The average Bonchev–Trinajstić information content (AvgIpc) is 3.20. The minimum Gasteiger partial charge on any atom is -0.347 e. The third-order valence-electron chi connectivity index (χ3n) is 4.77. The molecule has 6 nitrogen and oxygen atoms in total. The van der Waals surface area contributed by atoms with Gasteiger partial charge in [-0.3, -0.25) is 9.69 Å². The van der Waals surface area contributed by atoms with Gasteiger partial charge in [-0.1, -0.05) is 36.4 Å². The van der Waals surface area contributed by atoms with Gasteiger partial charge in [0.05, 0.1) is 0 Å². The predicted octanol–water partition coefficient (Wildman–Crippen LogP) is 2.32. The fourth-order valence-electron chi connectivity index (χ4n) is 3.36. The number of benzene rings is 1. The molecule has 0 spiro atoms. The topological polar surface area (TPSA) is 69.7 Å². The second-order valence-electron chi connectivity index (χ2n) is 6.91. The number of likely N-dealkylation sites (N-methyl/N-ethyl adjacent to an activating group) is 1. The van der Waals surface area contributed by atoms with Crippen molar-refractivity contribution in [2.24, 2.45) is 0 Å². The van der Waals surface area contributed by atoms with Crippen molar-refractivity contribution in [3.8, 4) is 0 Å². The van der Waals surface area contributed by atoms with Crippen LogP contribution in [0.1, 0.15) is 24.4 Å². The summed E-state index contributed by atoms with van der Waals surface area (Å²) in [4.78, 5) is 16.5. The Hall–Kier alpha value is -1.74. The number of carbonyl (C=O) groups excluding carboxylic acids is 1. The zero-order chi connectivity index (χ0) is 19.4. The number of nitrogens with one attached hydrogen (secondary N) is 1. The van der Waals surface area contributed by atoms with Gasteiger partial charge in [0.25, 0.3) is 0 Å². The summed E-state index contributed by atoms with van der Waals surface area (Å²) in [7, 11) is 0.0667. The van der Waals surface area contributed by atoms with Crippen LogP contribution >= 0.6 is 11.3 Å². The molecule has 1 aliphatic rings. The fourth-order valence-corrected chi connectivity index (χ4v) is 5.67. The number of likely N-dealkylation sites (tertiary alicyclic amines) is 1. The molecule has 1 saturated heterocycles. The minimum absolute atomic E-state index is 0.0406. The van der Waals surface area contributed by atoms with E-state index in [0.717, 1.165) is 5.56 Å². The molecule has 1 unspecified atom stereocenters. The summed E-state index contributed by atoms with van der Waals surface area (Å²) >= 11 is 1.22. The van der Waals surface area contributed by atoms with E-state index in [0.29, 0.717) is 30.1 Å². The molecule has 3 rings (SSSR count). The molecule has 0 bridgehead atoms. The third-order valence-corrected chi connectivity index (χ3v) is 7.68. The molecule has 27 heavy (non-hydrogen) atoms. The van der Waals surface area contributed by atoms with Crippen LogP contribution in [0.25, 0.3) is 0 Å². The Bertz CT molecular complexity index is 844. The van der Waals surface area contributed by atoms with E-state index in [4.69, 9.17) is 0 Å². The molecular weight excluding hydrogens is 382 g/mol. The maximum Gasteiger partial charge on any atom is 0.250 e. The first-order chi connectivity index (χ1) is 12.9. The number of sulfonamides is 1. The van der Waals surface area contributed by atoms with Crippen molar-refractivity contribution in [1.82, 2.24) is 14.5 Å². The molecule has 146 valence electrons. The van der Waals surface area contributed by atoms with E-state index in [1.807, 2.05) is 30.3 Å². The van der Waals surface area contributed by atoms with Crippen LogP contribution in [0.5, 0.6) is 0 Å². The quantitative estimate of drug-likeness (QED) is 0.798. The molecule has 0 aliphatic carbocycles. The van der Waals surface area contributed by atoms with Gasteiger partial charge in [-0.25, -0.2) is 13.1 Å². The Balaban J connectivity index is 1.68. The third kappa shape index (κ3) is 4.76. The van der Waals surface area contributed by atoms with Gasteiger partial charge in [0.15, 0.2) is 0 Å². The Labute approximate surface area is 164 Å². The molecule has 0 radical (unpaired) electrons. The molecule has 8 heteroatoms. The van der Waals surface area contributed by atoms with Crippen LogP contribution in [0.4, 0.5) is 0 Å². The van der Waals surface area contributed by atoms with Crippen LogP contribution in [0.2, 0.25) is 0 Å². The number of hydrogen-bond acceptors (Lipinski definition) is 5. The minimum atomic E-state index is -3.46. The van der Waals surface area contributed by atoms with E-state index in [-0.39, 0.29) is 18.0 Å². The SMILES string of the molecule is CN(C)C(=O)C(c1ccccc1)N1CCC(NS(=O)(=O)c2cccs2)CC1. The molecular formula is C19H25N3O3S2. The van der Waals surface area contributed by atoms with Gasteiger partial charge in [-0.05, 0) is 29.9 Å². The van der Waals surface area contributed by atoms with Gasteiger partial charge in [-0.2, -0.15) is 0 Å². The smallest absolute Gasteiger partial charge is 0.250 e. The first-order valence-corrected chi connectivity index (χ1v) is 11.3. The zero-order valence-electron chi connectivity index (χ0n) is 15.5. The molecule has 0 saturated carbocycles. The van der Waals surface area contributed by atoms with E-state index >= 15 is 0 Å². The van der Waals surface area contributed by atoms with Crippen LogP contribution < -0.4 is 4.72 Å². The molecule has 1 atom stereocenters. The van der Waals surface area contributed by atoms with Gasteiger partial charge in [-0.15, -0.1) is 11.3 Å². The lowest BCUT2D eigenvalue weighted by atomic mass is 9.99. The lowest BCUT2D eigenvalue weighted by molar-refractivity contribution is -0.135. The molecule has 2 aromatic rings. The van der Waals surface area contributed by atoms with Crippen LogP contribution in [0.15, 0.2) is 52.1 Å². The Kier molecular flexibility index (Phi) is 6.31. The van der Waals surface area contributed by atoms with Gasteiger partial charge >= 0.3 is 0 Å². The van der Waals surface area contributed by atoms with Crippen molar-refractivity contribution in [2.45, 2.75) is 29.1 Å². The lowest BCUT2D eigenvalue weighted by Crippen LogP contribution is -2.48. The molecule has 1 N–H and O–H groups in total. The second-order valence-corrected chi connectivity index (χ2v) is 9.80. The van der Waals surface area contributed by atoms with Crippen molar-refractivity contribution < 1.29 is 13.2 Å². The van der Waals surface area contributed by atoms with E-state index in [1.54, 1.807) is 36.5 Å². The van der Waals surface area contributed by atoms with Gasteiger partial charge in [0.2, 0.25) is 15.9 Å². The molecule has 1 amide bonds. The summed E-state index contributed by atoms with van der Waals surface area (Å²) in [5, 5.41) is 1.76. The van der Waals surface area contributed by atoms with Crippen molar-refractivity contribution in [3.63, 3.8) is 0 Å². The van der Waals surface area contributed by atoms with Crippen LogP contribution in [0, 0.1) is 0 Å². The van der Waals surface area contributed by atoms with Gasteiger partial charge in [0.1, 0.15) is 10.3 Å². The Morgan fingerprint density at radius 1 is 1.15 bits per heavy atom. The molecule has 1 aromatic heterocycles. The van der Waals surface area contributed by atoms with Crippen LogP contribution in [-0.4, -0.2) is 57.4 Å². The highest BCUT2D eigenvalue weighted by atomic mass is 32.2. The zero-order valence-corrected chi connectivity index (χ0v) is 17.2. The van der Waals surface area contributed by atoms with Gasteiger partial charge < -0.3 is 4.90 Å². The molecule has 1 aromatic carbocycles. The number of thiophene rings is 1. The van der Waals surface area contributed by atoms with Crippen molar-refractivity contribution in [2.75, 3.05) is 27.2 Å². The predicted molar refractivity (Wildman–Crippen MR) is 107 cm³/mol. The normalized spacial score (nSPS) is 17.6. The summed E-state index contributed by atoms with van der Waals surface area (Å²) in [6.07, 6.45) is 1.35. The maximum atomic E-state index is 12.8. The molecule has 1 fully saturated rings. The average molecular weight is 408 g/mol. The molecule has 2 heterocycles.